The molecule has 0 saturated carbocycles. The average Bonchev–Trinajstić information content (AvgIpc) is 3.01. The third-order valence-corrected chi connectivity index (χ3v) is 3.85. The number of alkyl halides is 3. The molecule has 1 aliphatic rings. The van der Waals surface area contributed by atoms with E-state index in [0.717, 1.165) is 49.8 Å². The first kappa shape index (κ1) is 17.6. The van der Waals surface area contributed by atoms with Crippen molar-refractivity contribution in [3.8, 4) is 0 Å². The Morgan fingerprint density at radius 2 is 2.04 bits per heavy atom. The van der Waals surface area contributed by atoms with Gasteiger partial charge in [-0.05, 0) is 24.1 Å². The van der Waals surface area contributed by atoms with Crippen LogP contribution in [0.3, 0.4) is 0 Å². The summed E-state index contributed by atoms with van der Waals surface area (Å²) in [6.45, 7) is 2.82. The lowest BCUT2D eigenvalue weighted by Gasteiger charge is -2.23. The fourth-order valence-corrected chi connectivity index (χ4v) is 2.51. The summed E-state index contributed by atoms with van der Waals surface area (Å²) in [6.07, 6.45) is -3.27. The Hall–Kier alpha value is -1.76. The van der Waals surface area contributed by atoms with Crippen LogP contribution in [0.25, 0.3) is 0 Å². The fourth-order valence-electron chi connectivity index (χ4n) is 2.51. The second-order valence-electron chi connectivity index (χ2n) is 5.71. The number of benzene rings is 1. The lowest BCUT2D eigenvalue weighted by Crippen LogP contribution is -2.40. The van der Waals surface area contributed by atoms with Crippen LogP contribution in [0.2, 0.25) is 0 Å². The number of nitrogens with one attached hydrogen (secondary N) is 1. The van der Waals surface area contributed by atoms with E-state index in [9.17, 15) is 13.2 Å². The molecular weight excluding hydrogens is 307 g/mol. The molecule has 7 heteroatoms. The molecule has 1 saturated heterocycles. The Labute approximate surface area is 134 Å². The van der Waals surface area contributed by atoms with E-state index >= 15 is 0 Å². The third kappa shape index (κ3) is 5.13. The van der Waals surface area contributed by atoms with Gasteiger partial charge in [0.25, 0.3) is 0 Å². The summed E-state index contributed by atoms with van der Waals surface area (Å²) in [5.41, 5.74) is 0.167. The van der Waals surface area contributed by atoms with Crippen molar-refractivity contribution in [3.05, 3.63) is 35.4 Å². The Balaban J connectivity index is 1.89. The Bertz CT molecular complexity index is 522. The fraction of sp³-hybridized carbons (Fsp3) is 0.562. The van der Waals surface area contributed by atoms with Gasteiger partial charge in [-0.1, -0.05) is 12.1 Å². The number of aliphatic imine (C=N–C) groups is 1. The minimum atomic E-state index is -4.30. The van der Waals surface area contributed by atoms with Gasteiger partial charge in [-0.3, -0.25) is 4.99 Å². The molecule has 0 spiro atoms. The zero-order valence-electron chi connectivity index (χ0n) is 13.4. The van der Waals surface area contributed by atoms with E-state index in [1.54, 1.807) is 7.05 Å². The van der Waals surface area contributed by atoms with E-state index in [1.807, 2.05) is 11.9 Å². The maximum atomic E-state index is 12.6. The van der Waals surface area contributed by atoms with Crippen LogP contribution in [0.1, 0.15) is 17.5 Å². The number of hydrogen-bond donors (Lipinski definition) is 1. The summed E-state index contributed by atoms with van der Waals surface area (Å²) in [6, 6.07) is 5.21. The van der Waals surface area contributed by atoms with Crippen molar-refractivity contribution in [2.45, 2.75) is 19.1 Å². The highest BCUT2D eigenvalue weighted by Gasteiger charge is 2.29. The lowest BCUT2D eigenvalue weighted by molar-refractivity contribution is -0.137. The molecule has 0 aromatic heterocycles. The summed E-state index contributed by atoms with van der Waals surface area (Å²) in [4.78, 5) is 6.10. The van der Waals surface area contributed by atoms with Crippen LogP contribution in [0.4, 0.5) is 13.2 Å². The van der Waals surface area contributed by atoms with Crippen LogP contribution >= 0.6 is 0 Å². The van der Waals surface area contributed by atoms with Gasteiger partial charge in [-0.2, -0.15) is 13.2 Å². The lowest BCUT2D eigenvalue weighted by atomic mass is 10.1. The standard InChI is InChI=1S/C16H22F3N3O/c1-20-15(21-9-13-7-8-23-11-13)22(2)10-12-3-5-14(6-4-12)16(17,18)19/h3-6,13H,7-11H2,1-2H3,(H,20,21)/t13-/m1/s1. The molecule has 4 nitrogen and oxygen atoms in total. The molecule has 1 N–H and O–H groups in total. The zero-order chi connectivity index (χ0) is 16.9. The highest BCUT2D eigenvalue weighted by Crippen LogP contribution is 2.29. The molecule has 2 rings (SSSR count). The minimum Gasteiger partial charge on any atom is -0.381 e. The van der Waals surface area contributed by atoms with Gasteiger partial charge < -0.3 is 15.0 Å². The van der Waals surface area contributed by atoms with Gasteiger partial charge >= 0.3 is 6.18 Å². The molecule has 1 aromatic carbocycles. The third-order valence-electron chi connectivity index (χ3n) is 3.85. The van der Waals surface area contributed by atoms with E-state index in [0.29, 0.717) is 12.5 Å². The van der Waals surface area contributed by atoms with Crippen molar-refractivity contribution < 1.29 is 17.9 Å². The first-order valence-electron chi connectivity index (χ1n) is 7.56. The van der Waals surface area contributed by atoms with Crippen LogP contribution < -0.4 is 5.32 Å². The molecule has 1 atom stereocenters. The Morgan fingerprint density at radius 3 is 2.57 bits per heavy atom. The van der Waals surface area contributed by atoms with Gasteiger partial charge in [0.15, 0.2) is 5.96 Å². The van der Waals surface area contributed by atoms with Crippen molar-refractivity contribution in [2.75, 3.05) is 33.9 Å². The molecule has 0 aliphatic carbocycles. The van der Waals surface area contributed by atoms with Crippen LogP contribution in [0.5, 0.6) is 0 Å². The summed E-state index contributed by atoms with van der Waals surface area (Å²) in [7, 11) is 3.55. The summed E-state index contributed by atoms with van der Waals surface area (Å²) in [5, 5.41) is 3.28. The molecule has 1 aromatic rings. The number of guanidine groups is 1. The van der Waals surface area contributed by atoms with E-state index in [-0.39, 0.29) is 0 Å². The number of nitrogens with zero attached hydrogens (tertiary/aromatic N) is 2. The largest absolute Gasteiger partial charge is 0.416 e. The molecule has 1 fully saturated rings. The van der Waals surface area contributed by atoms with Crippen LogP contribution in [-0.2, 0) is 17.5 Å². The highest BCUT2D eigenvalue weighted by molar-refractivity contribution is 5.79. The predicted molar refractivity (Wildman–Crippen MR) is 83.2 cm³/mol. The normalized spacial score (nSPS) is 19.0. The van der Waals surface area contributed by atoms with E-state index in [4.69, 9.17) is 4.74 Å². The van der Waals surface area contributed by atoms with Gasteiger partial charge in [0.2, 0.25) is 0 Å². The van der Waals surface area contributed by atoms with Gasteiger partial charge in [0.1, 0.15) is 0 Å². The molecule has 23 heavy (non-hydrogen) atoms. The molecule has 1 heterocycles. The minimum absolute atomic E-state index is 0.478. The molecular formula is C16H22F3N3O. The quantitative estimate of drug-likeness (QED) is 0.682. The Kier molecular flexibility index (Phi) is 5.87. The van der Waals surface area contributed by atoms with Crippen molar-refractivity contribution >= 4 is 5.96 Å². The molecule has 0 amide bonds. The monoisotopic (exact) mass is 329 g/mol. The number of ether oxygens (including phenoxy) is 1. The highest BCUT2D eigenvalue weighted by atomic mass is 19.4. The number of hydrogen-bond acceptors (Lipinski definition) is 2. The molecule has 0 bridgehead atoms. The predicted octanol–water partition coefficient (Wildman–Crippen LogP) is 2.75. The summed E-state index contributed by atoms with van der Waals surface area (Å²) in [5.74, 6) is 1.20. The van der Waals surface area contributed by atoms with Crippen LogP contribution in [0, 0.1) is 5.92 Å². The van der Waals surface area contributed by atoms with E-state index < -0.39 is 11.7 Å². The first-order valence-corrected chi connectivity index (χ1v) is 7.56. The van der Waals surface area contributed by atoms with Gasteiger partial charge in [0.05, 0.1) is 12.2 Å². The second kappa shape index (κ2) is 7.68. The zero-order valence-corrected chi connectivity index (χ0v) is 13.4. The topological polar surface area (TPSA) is 36.9 Å². The summed E-state index contributed by atoms with van der Waals surface area (Å²) >= 11 is 0. The second-order valence-corrected chi connectivity index (χ2v) is 5.71. The molecule has 0 unspecified atom stereocenters. The maximum Gasteiger partial charge on any atom is 0.416 e. The SMILES string of the molecule is CN=C(NC[C@H]1CCOC1)N(C)Cc1ccc(C(F)(F)F)cc1. The number of rotatable bonds is 4. The molecule has 1 aliphatic heterocycles. The van der Waals surface area contributed by atoms with Crippen molar-refractivity contribution in [1.29, 1.82) is 0 Å². The van der Waals surface area contributed by atoms with Crippen LogP contribution in [0.15, 0.2) is 29.3 Å². The number of halogens is 3. The molecule has 128 valence electrons. The summed E-state index contributed by atoms with van der Waals surface area (Å²) < 4.78 is 43.0. The smallest absolute Gasteiger partial charge is 0.381 e. The Morgan fingerprint density at radius 1 is 1.35 bits per heavy atom. The van der Waals surface area contributed by atoms with Gasteiger partial charge in [0, 0.05) is 39.7 Å². The van der Waals surface area contributed by atoms with E-state index in [2.05, 4.69) is 10.3 Å². The van der Waals surface area contributed by atoms with Gasteiger partial charge in [-0.25, -0.2) is 0 Å². The van der Waals surface area contributed by atoms with Gasteiger partial charge in [-0.15, -0.1) is 0 Å². The average molecular weight is 329 g/mol. The maximum absolute atomic E-state index is 12.6. The van der Waals surface area contributed by atoms with E-state index in [1.165, 1.54) is 12.1 Å². The van der Waals surface area contributed by atoms with Crippen molar-refractivity contribution in [3.63, 3.8) is 0 Å². The van der Waals surface area contributed by atoms with Crippen molar-refractivity contribution in [2.24, 2.45) is 10.9 Å². The van der Waals surface area contributed by atoms with Crippen molar-refractivity contribution in [1.82, 2.24) is 10.2 Å². The van der Waals surface area contributed by atoms with Crippen LogP contribution in [-0.4, -0.2) is 44.7 Å². The first-order chi connectivity index (χ1) is 10.9. The molecule has 0 radical (unpaired) electrons.